The third kappa shape index (κ3) is 1.52. The van der Waals surface area contributed by atoms with Crippen LogP contribution in [0.5, 0.6) is 0 Å². The summed E-state index contributed by atoms with van der Waals surface area (Å²) in [6, 6.07) is -0.414. The molecule has 0 aliphatic carbocycles. The van der Waals surface area contributed by atoms with Gasteiger partial charge in [-0.2, -0.15) is 0 Å². The zero-order valence-electron chi connectivity index (χ0n) is 6.18. The molecular formula is C6H13NO4. The molecular weight excluding hydrogens is 150 g/mol. The molecule has 1 aliphatic rings. The second-order valence-electron chi connectivity index (χ2n) is 2.87. The lowest BCUT2D eigenvalue weighted by atomic mass is 9.96. The van der Waals surface area contributed by atoms with E-state index in [9.17, 15) is 0 Å². The first-order valence-electron chi connectivity index (χ1n) is 3.52. The molecule has 0 spiro atoms. The highest BCUT2D eigenvalue weighted by Crippen LogP contribution is 2.13. The van der Waals surface area contributed by atoms with Crippen LogP contribution in [0.4, 0.5) is 0 Å². The maximum atomic E-state index is 9.15. The van der Waals surface area contributed by atoms with Crippen LogP contribution < -0.4 is 5.32 Å². The first-order valence-corrected chi connectivity index (χ1v) is 3.52. The van der Waals surface area contributed by atoms with Gasteiger partial charge in [-0.3, -0.25) is 5.32 Å². The van der Waals surface area contributed by atoms with Crippen LogP contribution in [0.3, 0.4) is 0 Å². The van der Waals surface area contributed by atoms with Gasteiger partial charge in [-0.1, -0.05) is 0 Å². The highest BCUT2D eigenvalue weighted by Gasteiger charge is 2.39. The Kier molecular flexibility index (Phi) is 2.46. The molecule has 0 radical (unpaired) electrons. The Morgan fingerprint density at radius 1 is 0.909 bits per heavy atom. The Morgan fingerprint density at radius 3 is 2.00 bits per heavy atom. The van der Waals surface area contributed by atoms with E-state index in [1.54, 1.807) is 6.92 Å². The normalized spacial score (nSPS) is 52.6. The average molecular weight is 163 g/mol. The summed E-state index contributed by atoms with van der Waals surface area (Å²) in [4.78, 5) is 0. The number of nitrogens with one attached hydrogen (secondary N) is 1. The van der Waals surface area contributed by atoms with Crippen LogP contribution in [-0.2, 0) is 0 Å². The molecule has 11 heavy (non-hydrogen) atoms. The van der Waals surface area contributed by atoms with E-state index in [1.165, 1.54) is 0 Å². The number of rotatable bonds is 0. The Hall–Kier alpha value is -0.200. The van der Waals surface area contributed by atoms with Crippen LogP contribution in [0.1, 0.15) is 6.92 Å². The van der Waals surface area contributed by atoms with Gasteiger partial charge in [-0.05, 0) is 6.92 Å². The highest BCUT2D eigenvalue weighted by atomic mass is 16.4. The van der Waals surface area contributed by atoms with Gasteiger partial charge in [0.15, 0.2) is 0 Å². The summed E-state index contributed by atoms with van der Waals surface area (Å²) in [6.07, 6.45) is -4.79. The second kappa shape index (κ2) is 3.04. The molecule has 1 rings (SSSR count). The van der Waals surface area contributed by atoms with E-state index >= 15 is 0 Å². The molecule has 5 heteroatoms. The van der Waals surface area contributed by atoms with Gasteiger partial charge < -0.3 is 20.4 Å². The van der Waals surface area contributed by atoms with Gasteiger partial charge in [-0.25, -0.2) is 0 Å². The van der Waals surface area contributed by atoms with Crippen LogP contribution in [0.2, 0.25) is 0 Å². The smallest absolute Gasteiger partial charge is 0.134 e. The minimum atomic E-state index is -1.32. The zero-order chi connectivity index (χ0) is 8.59. The van der Waals surface area contributed by atoms with E-state index in [-0.39, 0.29) is 0 Å². The van der Waals surface area contributed by atoms with Gasteiger partial charge in [-0.15, -0.1) is 0 Å². The molecule has 0 saturated carbocycles. The van der Waals surface area contributed by atoms with E-state index in [2.05, 4.69) is 5.32 Å². The Morgan fingerprint density at radius 2 is 1.45 bits per heavy atom. The summed E-state index contributed by atoms with van der Waals surface area (Å²) in [6.45, 7) is 1.61. The van der Waals surface area contributed by atoms with Crippen molar-refractivity contribution in [3.05, 3.63) is 0 Å². The van der Waals surface area contributed by atoms with Crippen molar-refractivity contribution in [1.29, 1.82) is 0 Å². The lowest BCUT2D eigenvalue weighted by molar-refractivity contribution is -0.154. The van der Waals surface area contributed by atoms with Crippen molar-refractivity contribution in [2.45, 2.75) is 37.5 Å². The minimum Gasteiger partial charge on any atom is -0.389 e. The molecule has 1 fully saturated rings. The summed E-state index contributed by atoms with van der Waals surface area (Å²) in [7, 11) is 0. The second-order valence-corrected chi connectivity index (χ2v) is 2.87. The fourth-order valence-corrected chi connectivity index (χ4v) is 1.15. The Balaban J connectivity index is 2.63. The predicted molar refractivity (Wildman–Crippen MR) is 36.6 cm³/mol. The third-order valence-electron chi connectivity index (χ3n) is 1.97. The van der Waals surface area contributed by atoms with E-state index in [0.717, 1.165) is 0 Å². The maximum absolute atomic E-state index is 9.15. The van der Waals surface area contributed by atoms with E-state index in [0.29, 0.717) is 0 Å². The van der Waals surface area contributed by atoms with Gasteiger partial charge in [0.1, 0.15) is 18.4 Å². The number of aliphatic hydroxyl groups excluding tert-OH is 4. The Bertz CT molecular complexity index is 129. The standard InChI is InChI=1S/C6H13NO4/c1-2-3(8)4(9)5(10)6(11)7-2/h2-11H,1H3/t2-,3+,4+,5-,6?/m0/s1. The first kappa shape index (κ1) is 8.89. The summed E-state index contributed by atoms with van der Waals surface area (Å²) in [5, 5.41) is 38.8. The molecule has 0 aromatic rings. The molecule has 1 saturated heterocycles. The number of aliphatic hydroxyl groups is 4. The molecule has 1 unspecified atom stereocenters. The quantitative estimate of drug-likeness (QED) is 0.269. The molecule has 0 bridgehead atoms. The van der Waals surface area contributed by atoms with Crippen LogP contribution in [0.25, 0.3) is 0 Å². The molecule has 0 amide bonds. The molecule has 0 aromatic heterocycles. The van der Waals surface area contributed by atoms with Crippen molar-refractivity contribution in [3.63, 3.8) is 0 Å². The summed E-state index contributed by atoms with van der Waals surface area (Å²) in [5.41, 5.74) is 0. The summed E-state index contributed by atoms with van der Waals surface area (Å²) in [5.74, 6) is 0. The van der Waals surface area contributed by atoms with Gasteiger partial charge in [0.25, 0.3) is 0 Å². The van der Waals surface area contributed by atoms with Gasteiger partial charge in [0.2, 0.25) is 0 Å². The van der Waals surface area contributed by atoms with Gasteiger partial charge in [0, 0.05) is 6.04 Å². The molecule has 5 N–H and O–H groups in total. The summed E-state index contributed by atoms with van der Waals surface area (Å²) >= 11 is 0. The van der Waals surface area contributed by atoms with Crippen molar-refractivity contribution in [1.82, 2.24) is 5.32 Å². The number of piperidine rings is 1. The van der Waals surface area contributed by atoms with Gasteiger partial charge >= 0.3 is 0 Å². The average Bonchev–Trinajstić information content (AvgIpc) is 1.97. The maximum Gasteiger partial charge on any atom is 0.134 e. The number of hydrogen-bond acceptors (Lipinski definition) is 5. The third-order valence-corrected chi connectivity index (χ3v) is 1.97. The molecule has 5 nitrogen and oxygen atoms in total. The predicted octanol–water partition coefficient (Wildman–Crippen LogP) is -2.62. The van der Waals surface area contributed by atoms with Crippen molar-refractivity contribution >= 4 is 0 Å². The van der Waals surface area contributed by atoms with E-state index in [1.807, 2.05) is 0 Å². The van der Waals surface area contributed by atoms with Crippen molar-refractivity contribution in [3.8, 4) is 0 Å². The topological polar surface area (TPSA) is 93.0 Å². The molecule has 0 aromatic carbocycles. The van der Waals surface area contributed by atoms with Crippen LogP contribution in [-0.4, -0.2) is 51.0 Å². The summed E-state index contributed by atoms with van der Waals surface area (Å²) < 4.78 is 0. The lowest BCUT2D eigenvalue weighted by Crippen LogP contribution is -2.63. The lowest BCUT2D eigenvalue weighted by Gasteiger charge is -2.37. The largest absolute Gasteiger partial charge is 0.389 e. The highest BCUT2D eigenvalue weighted by molar-refractivity contribution is 4.91. The zero-order valence-corrected chi connectivity index (χ0v) is 6.18. The van der Waals surface area contributed by atoms with Crippen molar-refractivity contribution in [2.24, 2.45) is 0 Å². The first-order chi connectivity index (χ1) is 5.04. The molecule has 1 heterocycles. The van der Waals surface area contributed by atoms with Crippen LogP contribution in [0, 0.1) is 0 Å². The minimum absolute atomic E-state index is 0.414. The van der Waals surface area contributed by atoms with Crippen molar-refractivity contribution in [2.75, 3.05) is 0 Å². The Labute approximate surface area is 64.3 Å². The van der Waals surface area contributed by atoms with Gasteiger partial charge in [0.05, 0.1) is 6.10 Å². The van der Waals surface area contributed by atoms with Crippen molar-refractivity contribution < 1.29 is 20.4 Å². The van der Waals surface area contributed by atoms with Crippen LogP contribution in [0.15, 0.2) is 0 Å². The fourth-order valence-electron chi connectivity index (χ4n) is 1.15. The van der Waals surface area contributed by atoms with E-state index < -0.39 is 30.6 Å². The fraction of sp³-hybridized carbons (Fsp3) is 1.00. The monoisotopic (exact) mass is 163 g/mol. The molecule has 1 aliphatic heterocycles. The number of hydrogen-bond donors (Lipinski definition) is 5. The van der Waals surface area contributed by atoms with E-state index in [4.69, 9.17) is 20.4 Å². The SMILES string of the molecule is C[C@@H]1NC(O)[C@@H](O)[C@H](O)[C@@H]1O. The molecule has 66 valence electrons. The van der Waals surface area contributed by atoms with Crippen LogP contribution >= 0.6 is 0 Å². The molecule has 5 atom stereocenters.